The molecule has 1 rings (SSSR count). The molecule has 0 bridgehead atoms. The smallest absolute Gasteiger partial charge is 0.328 e. The number of carbonyl (C=O) groups is 2. The SMILES string of the molecule is CCC(CC)C(NC(=O)c1ccncc1Br)C(=O)OC. The Hall–Kier alpha value is -1.43. The molecule has 20 heavy (non-hydrogen) atoms. The molecule has 0 fully saturated rings. The number of amides is 1. The highest BCUT2D eigenvalue weighted by Gasteiger charge is 2.29. The predicted octanol–water partition coefficient (Wildman–Crippen LogP) is 2.55. The van der Waals surface area contributed by atoms with Gasteiger partial charge < -0.3 is 10.1 Å². The van der Waals surface area contributed by atoms with Gasteiger partial charge in [-0.2, -0.15) is 0 Å². The second-order valence-corrected chi connectivity index (χ2v) is 5.26. The maximum absolute atomic E-state index is 12.3. The summed E-state index contributed by atoms with van der Waals surface area (Å²) in [4.78, 5) is 28.0. The molecule has 1 atom stereocenters. The summed E-state index contributed by atoms with van der Waals surface area (Å²) in [6.07, 6.45) is 4.64. The lowest BCUT2D eigenvalue weighted by Crippen LogP contribution is -2.46. The summed E-state index contributed by atoms with van der Waals surface area (Å²) in [5.41, 5.74) is 0.444. The fraction of sp³-hybridized carbons (Fsp3) is 0.500. The van der Waals surface area contributed by atoms with Crippen molar-refractivity contribution < 1.29 is 14.3 Å². The summed E-state index contributed by atoms with van der Waals surface area (Å²) in [6, 6.07) is 0.961. The number of hydrogen-bond acceptors (Lipinski definition) is 4. The van der Waals surface area contributed by atoms with Gasteiger partial charge in [0.15, 0.2) is 0 Å². The Balaban J connectivity index is 2.92. The van der Waals surface area contributed by atoms with Crippen LogP contribution in [0.1, 0.15) is 37.0 Å². The van der Waals surface area contributed by atoms with Gasteiger partial charge in [0, 0.05) is 16.9 Å². The number of carbonyl (C=O) groups excluding carboxylic acids is 2. The molecule has 0 aliphatic rings. The van der Waals surface area contributed by atoms with E-state index in [1.807, 2.05) is 13.8 Å². The molecule has 1 N–H and O–H groups in total. The monoisotopic (exact) mass is 342 g/mol. The molecule has 0 aliphatic heterocycles. The van der Waals surface area contributed by atoms with Crippen molar-refractivity contribution in [3.8, 4) is 0 Å². The first-order chi connectivity index (χ1) is 9.54. The van der Waals surface area contributed by atoms with Crippen molar-refractivity contribution in [1.29, 1.82) is 0 Å². The Kier molecular flexibility index (Phi) is 6.64. The van der Waals surface area contributed by atoms with Gasteiger partial charge in [-0.3, -0.25) is 9.78 Å². The van der Waals surface area contributed by atoms with E-state index in [0.717, 1.165) is 12.8 Å². The Morgan fingerprint density at radius 3 is 2.55 bits per heavy atom. The Morgan fingerprint density at radius 1 is 1.40 bits per heavy atom. The van der Waals surface area contributed by atoms with Crippen molar-refractivity contribution >= 4 is 27.8 Å². The number of esters is 1. The van der Waals surface area contributed by atoms with Gasteiger partial charge in [0.1, 0.15) is 6.04 Å². The summed E-state index contributed by atoms with van der Waals surface area (Å²) in [5.74, 6) is -0.689. The van der Waals surface area contributed by atoms with Crippen LogP contribution in [-0.2, 0) is 9.53 Å². The van der Waals surface area contributed by atoms with Gasteiger partial charge in [0.05, 0.1) is 12.7 Å². The number of ether oxygens (including phenoxy) is 1. The Labute approximate surface area is 127 Å². The van der Waals surface area contributed by atoms with Crippen LogP contribution in [0.25, 0.3) is 0 Å². The first-order valence-corrected chi connectivity index (χ1v) is 7.32. The van der Waals surface area contributed by atoms with Gasteiger partial charge in [-0.05, 0) is 27.9 Å². The Morgan fingerprint density at radius 2 is 2.05 bits per heavy atom. The van der Waals surface area contributed by atoms with E-state index in [-0.39, 0.29) is 11.8 Å². The zero-order chi connectivity index (χ0) is 15.1. The van der Waals surface area contributed by atoms with Crippen LogP contribution < -0.4 is 5.32 Å². The third kappa shape index (κ3) is 4.03. The molecule has 110 valence electrons. The molecule has 1 aromatic heterocycles. The minimum absolute atomic E-state index is 0.0482. The van der Waals surface area contributed by atoms with E-state index in [1.54, 1.807) is 12.3 Å². The van der Waals surface area contributed by atoms with Crippen LogP contribution in [0.4, 0.5) is 0 Å². The third-order valence-electron chi connectivity index (χ3n) is 3.28. The van der Waals surface area contributed by atoms with Crippen LogP contribution in [0, 0.1) is 5.92 Å². The molecular weight excluding hydrogens is 324 g/mol. The van der Waals surface area contributed by atoms with E-state index in [0.29, 0.717) is 10.0 Å². The number of nitrogens with one attached hydrogen (secondary N) is 1. The molecule has 1 unspecified atom stereocenters. The number of rotatable bonds is 6. The second kappa shape index (κ2) is 7.99. The van der Waals surface area contributed by atoms with Gasteiger partial charge in [-0.1, -0.05) is 26.7 Å². The molecule has 5 nitrogen and oxygen atoms in total. The maximum Gasteiger partial charge on any atom is 0.328 e. The number of nitrogens with zero attached hydrogens (tertiary/aromatic N) is 1. The van der Waals surface area contributed by atoms with E-state index in [4.69, 9.17) is 4.74 Å². The minimum Gasteiger partial charge on any atom is -0.467 e. The van der Waals surface area contributed by atoms with Gasteiger partial charge in [0.2, 0.25) is 0 Å². The van der Waals surface area contributed by atoms with Crippen molar-refractivity contribution in [2.24, 2.45) is 5.92 Å². The fourth-order valence-electron chi connectivity index (χ4n) is 2.03. The number of hydrogen-bond donors (Lipinski definition) is 1. The first-order valence-electron chi connectivity index (χ1n) is 6.53. The van der Waals surface area contributed by atoms with Gasteiger partial charge in [-0.25, -0.2) is 4.79 Å². The van der Waals surface area contributed by atoms with Crippen molar-refractivity contribution in [1.82, 2.24) is 10.3 Å². The summed E-state index contributed by atoms with van der Waals surface area (Å²) in [7, 11) is 1.33. The standard InChI is InChI=1S/C14H19BrN2O3/c1-4-9(5-2)12(14(19)20-3)17-13(18)10-6-7-16-8-11(10)15/h6-9,12H,4-5H2,1-3H3,(H,17,18). The average Bonchev–Trinajstić information content (AvgIpc) is 2.46. The van der Waals surface area contributed by atoms with Crippen LogP contribution in [0.2, 0.25) is 0 Å². The number of halogens is 1. The molecule has 0 aromatic carbocycles. The van der Waals surface area contributed by atoms with Gasteiger partial charge in [0.25, 0.3) is 5.91 Å². The van der Waals surface area contributed by atoms with E-state index in [1.165, 1.54) is 13.3 Å². The zero-order valence-corrected chi connectivity index (χ0v) is 13.4. The molecule has 0 saturated carbocycles. The topological polar surface area (TPSA) is 68.3 Å². The van der Waals surface area contributed by atoms with Crippen molar-refractivity contribution in [3.05, 3.63) is 28.5 Å². The fourth-order valence-corrected chi connectivity index (χ4v) is 2.47. The zero-order valence-electron chi connectivity index (χ0n) is 11.9. The summed E-state index contributed by atoms with van der Waals surface area (Å²) < 4.78 is 5.37. The lowest BCUT2D eigenvalue weighted by Gasteiger charge is -2.24. The number of aromatic nitrogens is 1. The van der Waals surface area contributed by atoms with Crippen LogP contribution >= 0.6 is 15.9 Å². The quantitative estimate of drug-likeness (QED) is 0.806. The highest BCUT2D eigenvalue weighted by atomic mass is 79.9. The minimum atomic E-state index is -0.637. The molecular formula is C14H19BrN2O3. The normalized spacial score (nSPS) is 12.1. The molecule has 0 saturated heterocycles. The molecule has 1 aromatic rings. The first kappa shape index (κ1) is 16.6. The molecule has 0 aliphatic carbocycles. The van der Waals surface area contributed by atoms with Crippen LogP contribution in [-0.4, -0.2) is 30.0 Å². The van der Waals surface area contributed by atoms with E-state index >= 15 is 0 Å². The van der Waals surface area contributed by atoms with E-state index in [9.17, 15) is 9.59 Å². The second-order valence-electron chi connectivity index (χ2n) is 4.41. The number of pyridine rings is 1. The molecule has 0 spiro atoms. The lowest BCUT2D eigenvalue weighted by atomic mass is 9.94. The highest BCUT2D eigenvalue weighted by molar-refractivity contribution is 9.10. The molecule has 0 radical (unpaired) electrons. The Bertz CT molecular complexity index is 475. The van der Waals surface area contributed by atoms with Crippen molar-refractivity contribution in [3.63, 3.8) is 0 Å². The molecule has 6 heteroatoms. The third-order valence-corrected chi connectivity index (χ3v) is 3.91. The average molecular weight is 343 g/mol. The number of methoxy groups -OCH3 is 1. The van der Waals surface area contributed by atoms with Crippen LogP contribution in [0.3, 0.4) is 0 Å². The largest absolute Gasteiger partial charge is 0.467 e. The van der Waals surface area contributed by atoms with E-state index < -0.39 is 12.0 Å². The molecule has 1 amide bonds. The summed E-state index contributed by atoms with van der Waals surface area (Å²) >= 11 is 3.27. The molecule has 1 heterocycles. The van der Waals surface area contributed by atoms with Gasteiger partial charge >= 0.3 is 5.97 Å². The summed E-state index contributed by atoms with van der Waals surface area (Å²) in [6.45, 7) is 3.97. The highest BCUT2D eigenvalue weighted by Crippen LogP contribution is 2.18. The van der Waals surface area contributed by atoms with Crippen molar-refractivity contribution in [2.45, 2.75) is 32.7 Å². The van der Waals surface area contributed by atoms with Crippen LogP contribution in [0.15, 0.2) is 22.9 Å². The van der Waals surface area contributed by atoms with Crippen molar-refractivity contribution in [2.75, 3.05) is 7.11 Å². The van der Waals surface area contributed by atoms with Crippen LogP contribution in [0.5, 0.6) is 0 Å². The maximum atomic E-state index is 12.3. The van der Waals surface area contributed by atoms with Gasteiger partial charge in [-0.15, -0.1) is 0 Å². The summed E-state index contributed by atoms with van der Waals surface area (Å²) in [5, 5.41) is 2.76. The van der Waals surface area contributed by atoms with E-state index in [2.05, 4.69) is 26.2 Å². The predicted molar refractivity (Wildman–Crippen MR) is 79.3 cm³/mol. The lowest BCUT2D eigenvalue weighted by molar-refractivity contribution is -0.144.